The molecule has 3 rings (SSSR count). The second-order valence-corrected chi connectivity index (χ2v) is 6.76. The van der Waals surface area contributed by atoms with Gasteiger partial charge < -0.3 is 14.2 Å². The highest BCUT2D eigenvalue weighted by molar-refractivity contribution is 6.28. The number of carbonyl (C=O) groups excluding carboxylic acids is 1. The van der Waals surface area contributed by atoms with Crippen molar-refractivity contribution in [1.82, 2.24) is 0 Å². The zero-order valence-electron chi connectivity index (χ0n) is 16.7. The highest BCUT2D eigenvalue weighted by Crippen LogP contribution is 2.40. The standard InChI is InChI=1S/C24H26O4/c1-5-26-19-11-7-17(8-12-19)22-21(15-16(3)4)28-24(25)23(22)18-9-13-20(14-10-18)27-6-2/h7-14,21H,3,5-6,15H2,1-2,4H3/t21-/m1/s1. The molecule has 0 radical (unpaired) electrons. The third-order valence-corrected chi connectivity index (χ3v) is 4.51. The van der Waals surface area contributed by atoms with Crippen molar-refractivity contribution in [2.45, 2.75) is 33.3 Å². The van der Waals surface area contributed by atoms with Gasteiger partial charge in [-0.2, -0.15) is 0 Å². The van der Waals surface area contributed by atoms with E-state index in [1.54, 1.807) is 0 Å². The van der Waals surface area contributed by atoms with Crippen molar-refractivity contribution in [1.29, 1.82) is 0 Å². The number of rotatable bonds is 8. The number of benzene rings is 2. The van der Waals surface area contributed by atoms with E-state index >= 15 is 0 Å². The first-order valence-corrected chi connectivity index (χ1v) is 9.59. The Kier molecular flexibility index (Phi) is 6.19. The molecule has 2 aromatic rings. The summed E-state index contributed by atoms with van der Waals surface area (Å²) in [6, 6.07) is 15.3. The number of esters is 1. The lowest BCUT2D eigenvalue weighted by Crippen LogP contribution is -2.11. The molecule has 0 fully saturated rings. The summed E-state index contributed by atoms with van der Waals surface area (Å²) >= 11 is 0. The van der Waals surface area contributed by atoms with Crippen molar-refractivity contribution < 1.29 is 19.0 Å². The van der Waals surface area contributed by atoms with E-state index in [1.165, 1.54) is 0 Å². The van der Waals surface area contributed by atoms with Crippen LogP contribution in [-0.4, -0.2) is 25.3 Å². The Labute approximate surface area is 166 Å². The van der Waals surface area contributed by atoms with Crippen LogP contribution in [0.15, 0.2) is 60.7 Å². The fourth-order valence-electron chi connectivity index (χ4n) is 3.36. The maximum atomic E-state index is 12.8. The van der Waals surface area contributed by atoms with E-state index in [-0.39, 0.29) is 12.1 Å². The van der Waals surface area contributed by atoms with Crippen LogP contribution in [0.3, 0.4) is 0 Å². The fourth-order valence-corrected chi connectivity index (χ4v) is 3.36. The number of hydrogen-bond acceptors (Lipinski definition) is 4. The molecule has 4 heteroatoms. The first-order chi connectivity index (χ1) is 13.5. The Hall–Kier alpha value is -3.01. The Morgan fingerprint density at radius 2 is 1.43 bits per heavy atom. The molecule has 0 saturated heterocycles. The maximum Gasteiger partial charge on any atom is 0.339 e. The summed E-state index contributed by atoms with van der Waals surface area (Å²) in [5, 5.41) is 0. The maximum absolute atomic E-state index is 12.8. The highest BCUT2D eigenvalue weighted by Gasteiger charge is 2.35. The minimum atomic E-state index is -0.343. The van der Waals surface area contributed by atoms with Crippen molar-refractivity contribution in [3.63, 3.8) is 0 Å². The Morgan fingerprint density at radius 1 is 0.929 bits per heavy atom. The summed E-state index contributed by atoms with van der Waals surface area (Å²) in [4.78, 5) is 12.8. The van der Waals surface area contributed by atoms with Crippen LogP contribution in [0.25, 0.3) is 11.1 Å². The minimum Gasteiger partial charge on any atom is -0.494 e. The average molecular weight is 378 g/mol. The van der Waals surface area contributed by atoms with Crippen LogP contribution in [0.4, 0.5) is 0 Å². The van der Waals surface area contributed by atoms with Crippen LogP contribution in [0, 0.1) is 0 Å². The molecule has 0 unspecified atom stereocenters. The smallest absolute Gasteiger partial charge is 0.339 e. The van der Waals surface area contributed by atoms with Gasteiger partial charge >= 0.3 is 5.97 Å². The van der Waals surface area contributed by atoms with Gasteiger partial charge in [0.2, 0.25) is 0 Å². The molecule has 0 spiro atoms. The van der Waals surface area contributed by atoms with Crippen molar-refractivity contribution in [3.8, 4) is 11.5 Å². The van der Waals surface area contributed by atoms with Crippen LogP contribution in [0.2, 0.25) is 0 Å². The van der Waals surface area contributed by atoms with Gasteiger partial charge in [-0.25, -0.2) is 4.79 Å². The molecule has 146 valence electrons. The van der Waals surface area contributed by atoms with Gasteiger partial charge in [0.1, 0.15) is 17.6 Å². The lowest BCUT2D eigenvalue weighted by molar-refractivity contribution is -0.137. The molecule has 0 N–H and O–H groups in total. The highest BCUT2D eigenvalue weighted by atomic mass is 16.5. The Morgan fingerprint density at radius 3 is 1.89 bits per heavy atom. The molecule has 1 aliphatic heterocycles. The summed E-state index contributed by atoms with van der Waals surface area (Å²) in [5.41, 5.74) is 4.22. The van der Waals surface area contributed by atoms with Gasteiger partial charge in [-0.15, -0.1) is 0 Å². The van der Waals surface area contributed by atoms with Crippen LogP contribution in [0.1, 0.15) is 38.3 Å². The molecular formula is C24H26O4. The molecule has 2 aromatic carbocycles. The number of cyclic esters (lactones) is 1. The summed E-state index contributed by atoms with van der Waals surface area (Å²) in [6.07, 6.45) is 0.249. The van der Waals surface area contributed by atoms with Gasteiger partial charge in [0.25, 0.3) is 0 Å². The number of carbonyl (C=O) groups is 1. The summed E-state index contributed by atoms with van der Waals surface area (Å²) in [5.74, 6) is 1.27. The summed E-state index contributed by atoms with van der Waals surface area (Å²) in [7, 11) is 0. The normalized spacial score (nSPS) is 16.1. The van der Waals surface area contributed by atoms with E-state index < -0.39 is 0 Å². The van der Waals surface area contributed by atoms with Gasteiger partial charge in [0.15, 0.2) is 0 Å². The van der Waals surface area contributed by atoms with E-state index in [0.29, 0.717) is 25.2 Å². The average Bonchev–Trinajstić information content (AvgIpc) is 2.98. The van der Waals surface area contributed by atoms with E-state index in [4.69, 9.17) is 14.2 Å². The molecular weight excluding hydrogens is 352 g/mol. The quantitative estimate of drug-likeness (QED) is 0.463. The molecule has 0 aromatic heterocycles. The van der Waals surface area contributed by atoms with E-state index in [1.807, 2.05) is 69.3 Å². The van der Waals surface area contributed by atoms with Gasteiger partial charge in [-0.3, -0.25) is 0 Å². The molecule has 28 heavy (non-hydrogen) atoms. The first-order valence-electron chi connectivity index (χ1n) is 9.59. The third-order valence-electron chi connectivity index (χ3n) is 4.51. The monoisotopic (exact) mass is 378 g/mol. The molecule has 0 saturated carbocycles. The van der Waals surface area contributed by atoms with E-state index in [0.717, 1.165) is 33.8 Å². The predicted octanol–water partition coefficient (Wildman–Crippen LogP) is 5.29. The van der Waals surface area contributed by atoms with Gasteiger partial charge in [0, 0.05) is 12.0 Å². The molecule has 0 bridgehead atoms. The van der Waals surface area contributed by atoms with Crippen LogP contribution >= 0.6 is 0 Å². The zero-order chi connectivity index (χ0) is 20.1. The Bertz CT molecular complexity index is 876. The topological polar surface area (TPSA) is 44.8 Å². The van der Waals surface area contributed by atoms with Crippen molar-refractivity contribution in [3.05, 3.63) is 71.8 Å². The molecule has 1 atom stereocenters. The number of hydrogen-bond donors (Lipinski definition) is 0. The van der Waals surface area contributed by atoms with Crippen molar-refractivity contribution >= 4 is 17.1 Å². The Balaban J connectivity index is 2.06. The minimum absolute atomic E-state index is 0.306. The van der Waals surface area contributed by atoms with Crippen LogP contribution in [0.5, 0.6) is 11.5 Å². The van der Waals surface area contributed by atoms with Crippen molar-refractivity contribution in [2.24, 2.45) is 0 Å². The molecule has 0 aliphatic carbocycles. The van der Waals surface area contributed by atoms with E-state index in [9.17, 15) is 4.79 Å². The third kappa shape index (κ3) is 4.28. The molecule has 4 nitrogen and oxygen atoms in total. The van der Waals surface area contributed by atoms with Gasteiger partial charge in [0.05, 0.1) is 18.8 Å². The SMILES string of the molecule is C=C(C)C[C@H]1OC(=O)C(c2ccc(OCC)cc2)=C1c1ccc(OCC)cc1. The van der Waals surface area contributed by atoms with Crippen LogP contribution < -0.4 is 9.47 Å². The lowest BCUT2D eigenvalue weighted by Gasteiger charge is -2.15. The lowest BCUT2D eigenvalue weighted by atomic mass is 9.90. The molecule has 1 heterocycles. The van der Waals surface area contributed by atoms with Gasteiger partial charge in [-0.05, 0) is 56.2 Å². The predicted molar refractivity (Wildman–Crippen MR) is 111 cm³/mol. The zero-order valence-corrected chi connectivity index (χ0v) is 16.7. The van der Waals surface area contributed by atoms with E-state index in [2.05, 4.69) is 6.58 Å². The molecule has 1 aliphatic rings. The second-order valence-electron chi connectivity index (χ2n) is 6.76. The largest absolute Gasteiger partial charge is 0.494 e. The summed E-state index contributed by atoms with van der Waals surface area (Å²) in [6.45, 7) is 11.0. The number of ether oxygens (including phenoxy) is 3. The van der Waals surface area contributed by atoms with Crippen LogP contribution in [-0.2, 0) is 9.53 Å². The summed E-state index contributed by atoms with van der Waals surface area (Å²) < 4.78 is 16.8. The fraction of sp³-hybridized carbons (Fsp3) is 0.292. The second kappa shape index (κ2) is 8.79. The first kappa shape index (κ1) is 19.7. The van der Waals surface area contributed by atoms with Gasteiger partial charge in [-0.1, -0.05) is 36.4 Å². The molecule has 0 amide bonds. The van der Waals surface area contributed by atoms with Crippen molar-refractivity contribution in [2.75, 3.05) is 13.2 Å².